The van der Waals surface area contributed by atoms with E-state index in [4.69, 9.17) is 4.74 Å². The Labute approximate surface area is 211 Å². The molecule has 0 aromatic carbocycles. The first-order valence-electron chi connectivity index (χ1n) is 14.3. The van der Waals surface area contributed by atoms with E-state index < -0.39 is 23.7 Å². The number of aliphatic hydroxyl groups is 4. The van der Waals surface area contributed by atoms with Crippen LogP contribution in [0.4, 0.5) is 0 Å². The monoisotopic (exact) mass is 494 g/mol. The summed E-state index contributed by atoms with van der Waals surface area (Å²) in [6, 6.07) is 0. The van der Waals surface area contributed by atoms with Crippen molar-refractivity contribution in [2.45, 2.75) is 117 Å². The van der Waals surface area contributed by atoms with Crippen molar-refractivity contribution in [2.75, 3.05) is 6.61 Å². The van der Waals surface area contributed by atoms with Crippen molar-refractivity contribution in [3.05, 3.63) is 0 Å². The van der Waals surface area contributed by atoms with Crippen LogP contribution in [0.3, 0.4) is 0 Å². The zero-order valence-corrected chi connectivity index (χ0v) is 22.5. The second-order valence-electron chi connectivity index (χ2n) is 13.2. The molecule has 4 aliphatic rings. The lowest BCUT2D eigenvalue weighted by atomic mass is 9.43. The van der Waals surface area contributed by atoms with Crippen LogP contribution < -0.4 is 0 Å². The molecule has 6 heteroatoms. The third kappa shape index (κ3) is 4.59. The molecule has 202 valence electrons. The molecule has 0 radical (unpaired) electrons. The molecule has 0 spiro atoms. The van der Waals surface area contributed by atoms with E-state index in [2.05, 4.69) is 20.8 Å². The second kappa shape index (κ2) is 10.2. The molecule has 0 bridgehead atoms. The van der Waals surface area contributed by atoms with E-state index in [-0.39, 0.29) is 41.2 Å². The maximum atomic E-state index is 12.0. The summed E-state index contributed by atoms with van der Waals surface area (Å²) in [5.41, 5.74) is -0.304. The largest absolute Gasteiger partial charge is 0.466 e. The number of carbonyl (C=O) groups is 1. The number of carbonyl (C=O) groups excluding carboxylic acids is 1. The highest BCUT2D eigenvalue weighted by molar-refractivity contribution is 5.71. The van der Waals surface area contributed by atoms with Gasteiger partial charge in [0.1, 0.15) is 0 Å². The standard InChI is InChI=1S/C29H50O6/c1-6-35-27(34)16(2)7-10-23(31)17(3)21-14-24(32)26-20-9-8-18-13-19(30)11-12-28(18,4)22(20)15-25(33)29(21,26)5/h16-26,30-33H,6-15H2,1-5H3/t16-,17+,18-,19-,20-,21-,22+,23+,24+,25+,26-,28+,29+/m1/s1. The van der Waals surface area contributed by atoms with Gasteiger partial charge in [0.05, 0.1) is 36.9 Å². The maximum absolute atomic E-state index is 12.0. The first-order valence-corrected chi connectivity index (χ1v) is 14.3. The van der Waals surface area contributed by atoms with Crippen LogP contribution in [0.15, 0.2) is 0 Å². The van der Waals surface area contributed by atoms with Gasteiger partial charge in [-0.15, -0.1) is 0 Å². The summed E-state index contributed by atoms with van der Waals surface area (Å²) in [4.78, 5) is 12.0. The molecule has 0 aromatic heterocycles. The van der Waals surface area contributed by atoms with Gasteiger partial charge >= 0.3 is 5.97 Å². The fourth-order valence-corrected chi connectivity index (χ4v) is 9.46. The summed E-state index contributed by atoms with van der Waals surface area (Å²) in [6.07, 6.45) is 5.57. The molecule has 0 amide bonds. The Balaban J connectivity index is 1.49. The minimum atomic E-state index is -0.585. The second-order valence-corrected chi connectivity index (χ2v) is 13.2. The highest BCUT2D eigenvalue weighted by Crippen LogP contribution is 2.68. The van der Waals surface area contributed by atoms with Crippen molar-refractivity contribution < 1.29 is 30.0 Å². The van der Waals surface area contributed by atoms with E-state index in [0.29, 0.717) is 43.6 Å². The molecule has 0 unspecified atom stereocenters. The van der Waals surface area contributed by atoms with Gasteiger partial charge in [-0.3, -0.25) is 4.79 Å². The Hall–Kier alpha value is -0.690. The normalized spacial score (nSPS) is 47.7. The Bertz CT molecular complexity index is 757. The zero-order chi connectivity index (χ0) is 25.7. The lowest BCUT2D eigenvalue weighted by Crippen LogP contribution is -2.60. The van der Waals surface area contributed by atoms with Crippen molar-refractivity contribution in [2.24, 2.45) is 52.3 Å². The summed E-state index contributed by atoms with van der Waals surface area (Å²) in [6.45, 7) is 10.6. The summed E-state index contributed by atoms with van der Waals surface area (Å²) < 4.78 is 5.11. The van der Waals surface area contributed by atoms with Gasteiger partial charge in [-0.2, -0.15) is 0 Å². The number of aliphatic hydroxyl groups excluding tert-OH is 4. The van der Waals surface area contributed by atoms with E-state index in [1.54, 1.807) is 6.92 Å². The Kier molecular flexibility index (Phi) is 7.99. The molecule has 4 fully saturated rings. The Morgan fingerprint density at radius 1 is 1.03 bits per heavy atom. The molecule has 0 heterocycles. The molecular formula is C29H50O6. The van der Waals surface area contributed by atoms with Crippen LogP contribution in [0.2, 0.25) is 0 Å². The summed E-state index contributed by atoms with van der Waals surface area (Å²) in [5, 5.41) is 44.5. The van der Waals surface area contributed by atoms with Crippen LogP contribution in [0.25, 0.3) is 0 Å². The van der Waals surface area contributed by atoms with Gasteiger partial charge in [0, 0.05) is 5.41 Å². The molecule has 4 aliphatic carbocycles. The maximum Gasteiger partial charge on any atom is 0.308 e. The van der Waals surface area contributed by atoms with E-state index in [1.807, 2.05) is 6.92 Å². The van der Waals surface area contributed by atoms with E-state index in [9.17, 15) is 25.2 Å². The van der Waals surface area contributed by atoms with E-state index in [0.717, 1.165) is 38.5 Å². The van der Waals surface area contributed by atoms with Crippen LogP contribution in [0, 0.1) is 52.3 Å². The highest BCUT2D eigenvalue weighted by Gasteiger charge is 2.66. The van der Waals surface area contributed by atoms with E-state index >= 15 is 0 Å². The number of hydrogen-bond acceptors (Lipinski definition) is 6. The molecular weight excluding hydrogens is 444 g/mol. The van der Waals surface area contributed by atoms with Crippen LogP contribution in [0.5, 0.6) is 0 Å². The fourth-order valence-electron chi connectivity index (χ4n) is 9.46. The SMILES string of the molecule is CCOC(=O)[C@H](C)CC[C@H](O)[C@@H](C)[C@H]1C[C@H](O)[C@H]2[C@@H]3CC[C@@H]4C[C@H](O)CC[C@]4(C)[C@H]3C[C@H](O)[C@@]21C. The molecule has 4 N–H and O–H groups in total. The van der Waals surface area contributed by atoms with Gasteiger partial charge in [-0.1, -0.05) is 27.7 Å². The van der Waals surface area contributed by atoms with Crippen molar-refractivity contribution >= 4 is 5.97 Å². The molecule has 0 aliphatic heterocycles. The number of ether oxygens (including phenoxy) is 1. The van der Waals surface area contributed by atoms with Gasteiger partial charge in [0.25, 0.3) is 0 Å². The van der Waals surface area contributed by atoms with Gasteiger partial charge in [-0.25, -0.2) is 0 Å². The topological polar surface area (TPSA) is 107 Å². The first-order chi connectivity index (χ1) is 16.4. The molecule has 13 atom stereocenters. The molecule has 0 saturated heterocycles. The van der Waals surface area contributed by atoms with Gasteiger partial charge < -0.3 is 25.2 Å². The third-order valence-electron chi connectivity index (χ3n) is 11.6. The predicted octanol–water partition coefficient (Wildman–Crippen LogP) is 3.92. The molecule has 4 saturated carbocycles. The van der Waals surface area contributed by atoms with E-state index in [1.165, 1.54) is 0 Å². The number of esters is 1. The summed E-state index contributed by atoms with van der Waals surface area (Å²) >= 11 is 0. The van der Waals surface area contributed by atoms with Crippen LogP contribution in [-0.4, -0.2) is 57.4 Å². The molecule has 4 rings (SSSR count). The van der Waals surface area contributed by atoms with Gasteiger partial charge in [0.15, 0.2) is 0 Å². The molecule has 0 aromatic rings. The number of fused-ring (bicyclic) bond motifs is 5. The Morgan fingerprint density at radius 2 is 1.74 bits per heavy atom. The quantitative estimate of drug-likeness (QED) is 0.400. The summed E-state index contributed by atoms with van der Waals surface area (Å²) in [5.74, 6) is 0.791. The fraction of sp³-hybridized carbons (Fsp3) is 0.966. The van der Waals surface area contributed by atoms with Crippen LogP contribution >= 0.6 is 0 Å². The lowest BCUT2D eigenvalue weighted by molar-refractivity contribution is -0.188. The highest BCUT2D eigenvalue weighted by atomic mass is 16.5. The van der Waals surface area contributed by atoms with Crippen molar-refractivity contribution in [1.82, 2.24) is 0 Å². The first kappa shape index (κ1) is 27.3. The molecule has 6 nitrogen and oxygen atoms in total. The van der Waals surface area contributed by atoms with Crippen molar-refractivity contribution in [1.29, 1.82) is 0 Å². The average molecular weight is 495 g/mol. The summed E-state index contributed by atoms with van der Waals surface area (Å²) in [7, 11) is 0. The number of hydrogen-bond donors (Lipinski definition) is 4. The smallest absolute Gasteiger partial charge is 0.308 e. The van der Waals surface area contributed by atoms with Gasteiger partial charge in [-0.05, 0) is 106 Å². The van der Waals surface area contributed by atoms with Crippen LogP contribution in [0.1, 0.15) is 92.4 Å². The Morgan fingerprint density at radius 3 is 2.43 bits per heavy atom. The van der Waals surface area contributed by atoms with Crippen LogP contribution in [-0.2, 0) is 9.53 Å². The predicted molar refractivity (Wildman–Crippen MR) is 134 cm³/mol. The minimum absolute atomic E-state index is 0.0325. The average Bonchev–Trinajstić information content (AvgIpc) is 3.10. The third-order valence-corrected chi connectivity index (χ3v) is 11.6. The van der Waals surface area contributed by atoms with Gasteiger partial charge in [0.2, 0.25) is 0 Å². The lowest BCUT2D eigenvalue weighted by Gasteiger charge is -2.62. The molecule has 35 heavy (non-hydrogen) atoms. The minimum Gasteiger partial charge on any atom is -0.466 e. The number of rotatable bonds is 7. The van der Waals surface area contributed by atoms with Crippen molar-refractivity contribution in [3.8, 4) is 0 Å². The zero-order valence-electron chi connectivity index (χ0n) is 22.5. The van der Waals surface area contributed by atoms with Crippen molar-refractivity contribution in [3.63, 3.8) is 0 Å².